The third-order valence-electron chi connectivity index (χ3n) is 3.53. The van der Waals surface area contributed by atoms with Gasteiger partial charge in [-0.2, -0.15) is 4.98 Å². The summed E-state index contributed by atoms with van der Waals surface area (Å²) in [5.41, 5.74) is 3.00. The van der Waals surface area contributed by atoms with Gasteiger partial charge in [-0.1, -0.05) is 0 Å². The van der Waals surface area contributed by atoms with Crippen molar-refractivity contribution in [2.45, 2.75) is 26.8 Å². The fourth-order valence-corrected chi connectivity index (χ4v) is 2.37. The molecule has 0 radical (unpaired) electrons. The van der Waals surface area contributed by atoms with Crippen LogP contribution >= 0.6 is 0 Å². The van der Waals surface area contributed by atoms with Crippen LogP contribution < -0.4 is 10.6 Å². The van der Waals surface area contributed by atoms with Gasteiger partial charge in [0, 0.05) is 35.8 Å². The fraction of sp³-hybridized carbons (Fsp3) is 0.211. The molecule has 3 aromatic rings. The number of aryl methyl sites for hydroxylation is 1. The highest BCUT2D eigenvalue weighted by atomic mass is 19.1. The summed E-state index contributed by atoms with van der Waals surface area (Å²) in [4.78, 5) is 13.2. The van der Waals surface area contributed by atoms with Crippen molar-refractivity contribution in [3.8, 4) is 11.3 Å². The summed E-state index contributed by atoms with van der Waals surface area (Å²) < 4.78 is 13.5. The number of benzene rings is 1. The SMILES string of the molecule is Cc1cc(Nc2cc(-c3cccnc3)nc(NC(C)C)n2)ccc1F. The van der Waals surface area contributed by atoms with Crippen molar-refractivity contribution in [1.82, 2.24) is 15.0 Å². The molecule has 1 aromatic carbocycles. The van der Waals surface area contributed by atoms with E-state index in [4.69, 9.17) is 0 Å². The Labute approximate surface area is 146 Å². The summed E-state index contributed by atoms with van der Waals surface area (Å²) in [7, 11) is 0. The minimum atomic E-state index is -0.230. The fourth-order valence-electron chi connectivity index (χ4n) is 2.37. The third-order valence-corrected chi connectivity index (χ3v) is 3.53. The van der Waals surface area contributed by atoms with Gasteiger partial charge in [0.1, 0.15) is 11.6 Å². The molecule has 0 unspecified atom stereocenters. The number of halogens is 1. The van der Waals surface area contributed by atoms with E-state index in [1.54, 1.807) is 31.5 Å². The molecule has 0 saturated heterocycles. The lowest BCUT2D eigenvalue weighted by molar-refractivity contribution is 0.619. The number of nitrogens with zero attached hydrogens (tertiary/aromatic N) is 3. The summed E-state index contributed by atoms with van der Waals surface area (Å²) in [6.07, 6.45) is 3.48. The Kier molecular flexibility index (Phi) is 4.88. The van der Waals surface area contributed by atoms with E-state index in [1.807, 2.05) is 32.0 Å². The van der Waals surface area contributed by atoms with Crippen LogP contribution in [-0.2, 0) is 0 Å². The molecule has 0 atom stereocenters. The molecule has 6 heteroatoms. The minimum Gasteiger partial charge on any atom is -0.352 e. The maximum Gasteiger partial charge on any atom is 0.225 e. The lowest BCUT2D eigenvalue weighted by Crippen LogP contribution is -2.13. The second kappa shape index (κ2) is 7.25. The Bertz CT molecular complexity index is 865. The topological polar surface area (TPSA) is 62.7 Å². The van der Waals surface area contributed by atoms with Gasteiger partial charge in [-0.15, -0.1) is 0 Å². The molecule has 2 N–H and O–H groups in total. The van der Waals surface area contributed by atoms with Crippen LogP contribution in [0, 0.1) is 12.7 Å². The monoisotopic (exact) mass is 337 g/mol. The molecule has 0 spiro atoms. The Morgan fingerprint density at radius 3 is 2.60 bits per heavy atom. The predicted octanol–water partition coefficient (Wildman–Crippen LogP) is 4.55. The zero-order valence-electron chi connectivity index (χ0n) is 14.4. The number of nitrogens with one attached hydrogen (secondary N) is 2. The van der Waals surface area contributed by atoms with Gasteiger partial charge in [-0.25, -0.2) is 9.37 Å². The molecule has 0 fully saturated rings. The smallest absolute Gasteiger partial charge is 0.225 e. The lowest BCUT2D eigenvalue weighted by atomic mass is 10.2. The molecule has 128 valence electrons. The number of pyridine rings is 1. The van der Waals surface area contributed by atoms with Crippen LogP contribution in [-0.4, -0.2) is 21.0 Å². The first kappa shape index (κ1) is 16.8. The summed E-state index contributed by atoms with van der Waals surface area (Å²) in [6.45, 7) is 5.78. The largest absolute Gasteiger partial charge is 0.352 e. The molecular weight excluding hydrogens is 317 g/mol. The molecule has 0 aliphatic carbocycles. The minimum absolute atomic E-state index is 0.199. The quantitative estimate of drug-likeness (QED) is 0.715. The van der Waals surface area contributed by atoms with Crippen molar-refractivity contribution < 1.29 is 4.39 Å². The maximum atomic E-state index is 13.5. The van der Waals surface area contributed by atoms with Crippen molar-refractivity contribution in [1.29, 1.82) is 0 Å². The van der Waals surface area contributed by atoms with Gasteiger partial charge in [0.25, 0.3) is 0 Å². The number of aromatic nitrogens is 3. The average Bonchev–Trinajstić information content (AvgIpc) is 2.58. The van der Waals surface area contributed by atoms with E-state index in [2.05, 4.69) is 25.6 Å². The van der Waals surface area contributed by atoms with E-state index < -0.39 is 0 Å². The predicted molar refractivity (Wildman–Crippen MR) is 98.4 cm³/mol. The van der Waals surface area contributed by atoms with Crippen molar-refractivity contribution in [2.24, 2.45) is 0 Å². The summed E-state index contributed by atoms with van der Waals surface area (Å²) in [6, 6.07) is 10.7. The summed E-state index contributed by atoms with van der Waals surface area (Å²) >= 11 is 0. The Morgan fingerprint density at radius 1 is 1.08 bits per heavy atom. The lowest BCUT2D eigenvalue weighted by Gasteiger charge is -2.13. The highest BCUT2D eigenvalue weighted by Crippen LogP contribution is 2.24. The van der Waals surface area contributed by atoms with E-state index in [9.17, 15) is 4.39 Å². The molecule has 2 heterocycles. The highest BCUT2D eigenvalue weighted by molar-refractivity contribution is 5.67. The van der Waals surface area contributed by atoms with Crippen LogP contribution in [0.15, 0.2) is 48.8 Å². The second-order valence-electron chi connectivity index (χ2n) is 6.09. The van der Waals surface area contributed by atoms with Gasteiger partial charge < -0.3 is 10.6 Å². The zero-order chi connectivity index (χ0) is 17.8. The molecule has 3 rings (SSSR count). The normalized spacial score (nSPS) is 10.8. The molecular formula is C19H20FN5. The Morgan fingerprint density at radius 2 is 1.92 bits per heavy atom. The molecule has 2 aromatic heterocycles. The molecule has 25 heavy (non-hydrogen) atoms. The van der Waals surface area contributed by atoms with Crippen LogP contribution in [0.5, 0.6) is 0 Å². The first-order valence-corrected chi connectivity index (χ1v) is 8.10. The second-order valence-corrected chi connectivity index (χ2v) is 6.09. The standard InChI is InChI=1S/C19H20FN5/c1-12(2)22-19-24-17(14-5-4-8-21-11-14)10-18(25-19)23-15-6-7-16(20)13(3)9-15/h4-12H,1-3H3,(H2,22,23,24,25). The van der Waals surface area contributed by atoms with Crippen molar-refractivity contribution in [2.75, 3.05) is 10.6 Å². The van der Waals surface area contributed by atoms with Crippen LogP contribution in [0.25, 0.3) is 11.3 Å². The summed E-state index contributed by atoms with van der Waals surface area (Å²) in [5.74, 6) is 0.923. The van der Waals surface area contributed by atoms with Crippen LogP contribution in [0.1, 0.15) is 19.4 Å². The number of rotatable bonds is 5. The van der Waals surface area contributed by atoms with Crippen molar-refractivity contribution in [3.63, 3.8) is 0 Å². The van der Waals surface area contributed by atoms with Crippen LogP contribution in [0.3, 0.4) is 0 Å². The average molecular weight is 337 g/mol. The molecule has 0 bridgehead atoms. The van der Waals surface area contributed by atoms with Crippen molar-refractivity contribution in [3.05, 3.63) is 60.2 Å². The van der Waals surface area contributed by atoms with E-state index in [0.29, 0.717) is 17.3 Å². The van der Waals surface area contributed by atoms with E-state index in [0.717, 1.165) is 16.9 Å². The van der Waals surface area contributed by atoms with Crippen LogP contribution in [0.4, 0.5) is 21.8 Å². The van der Waals surface area contributed by atoms with Gasteiger partial charge >= 0.3 is 0 Å². The third kappa shape index (κ3) is 4.29. The Hall–Kier alpha value is -3.02. The van der Waals surface area contributed by atoms with Gasteiger partial charge in [0.15, 0.2) is 0 Å². The number of hydrogen-bond acceptors (Lipinski definition) is 5. The van der Waals surface area contributed by atoms with Gasteiger partial charge in [0.2, 0.25) is 5.95 Å². The molecule has 0 amide bonds. The molecule has 0 saturated carbocycles. The highest BCUT2D eigenvalue weighted by Gasteiger charge is 2.09. The van der Waals surface area contributed by atoms with Crippen molar-refractivity contribution >= 4 is 17.5 Å². The summed E-state index contributed by atoms with van der Waals surface area (Å²) in [5, 5.41) is 6.44. The van der Waals surface area contributed by atoms with E-state index in [1.165, 1.54) is 6.07 Å². The Balaban J connectivity index is 1.98. The van der Waals surface area contributed by atoms with Gasteiger partial charge in [0.05, 0.1) is 5.69 Å². The van der Waals surface area contributed by atoms with E-state index >= 15 is 0 Å². The maximum absolute atomic E-state index is 13.5. The molecule has 0 aliphatic rings. The number of hydrogen-bond donors (Lipinski definition) is 2. The van der Waals surface area contributed by atoms with Gasteiger partial charge in [-0.3, -0.25) is 4.98 Å². The number of anilines is 3. The van der Waals surface area contributed by atoms with Crippen LogP contribution in [0.2, 0.25) is 0 Å². The first-order valence-electron chi connectivity index (χ1n) is 8.10. The van der Waals surface area contributed by atoms with Gasteiger partial charge in [-0.05, 0) is 56.7 Å². The van der Waals surface area contributed by atoms with E-state index in [-0.39, 0.29) is 11.9 Å². The molecule has 0 aliphatic heterocycles. The first-order chi connectivity index (χ1) is 12.0. The molecule has 5 nitrogen and oxygen atoms in total. The zero-order valence-corrected chi connectivity index (χ0v) is 14.4.